The molecule has 0 aliphatic heterocycles. The number of esters is 1. The monoisotopic (exact) mass is 286 g/mol. The lowest BCUT2D eigenvalue weighted by molar-refractivity contribution is -0.158. The summed E-state index contributed by atoms with van der Waals surface area (Å²) in [5.41, 5.74) is 0. The maximum absolute atomic E-state index is 11.8. The number of allylic oxidation sites excluding steroid dienone is 2. The van der Waals surface area contributed by atoms with Crippen molar-refractivity contribution in [3.63, 3.8) is 0 Å². The molecule has 0 aromatic carbocycles. The standard InChI is InChI=1S/C13H22O5Si/c1-5-17-13(16)10-7-6-9(18-19(2,3)4)8-11(10)12(14)15/h6,10-11H,5,7-8H2,1-4H3,(H,14,15)/t10-,11-/m0/s1. The SMILES string of the molecule is CCOC(=O)[C@H]1CC=C(O[Si](C)(C)C)C[C@@H]1C(=O)O. The Kier molecular flexibility index (Phi) is 5.17. The molecule has 2 atom stereocenters. The molecule has 0 unspecified atom stereocenters. The minimum absolute atomic E-state index is 0.267. The Labute approximate surface area is 114 Å². The van der Waals surface area contributed by atoms with Gasteiger partial charge in [-0.25, -0.2) is 0 Å². The number of carboxylic acids is 1. The van der Waals surface area contributed by atoms with Crippen molar-refractivity contribution in [2.24, 2.45) is 11.8 Å². The van der Waals surface area contributed by atoms with E-state index in [-0.39, 0.29) is 13.0 Å². The molecule has 1 aliphatic rings. The molecular formula is C13H22O5Si. The van der Waals surface area contributed by atoms with Gasteiger partial charge in [-0.15, -0.1) is 0 Å². The Morgan fingerprint density at radius 3 is 2.47 bits per heavy atom. The van der Waals surface area contributed by atoms with Crippen LogP contribution in [0.2, 0.25) is 19.6 Å². The third-order valence-electron chi connectivity index (χ3n) is 2.85. The van der Waals surface area contributed by atoms with Crippen LogP contribution in [0.3, 0.4) is 0 Å². The molecule has 0 aromatic heterocycles. The van der Waals surface area contributed by atoms with Crippen molar-refractivity contribution in [3.05, 3.63) is 11.8 Å². The van der Waals surface area contributed by atoms with Crippen molar-refractivity contribution in [3.8, 4) is 0 Å². The van der Waals surface area contributed by atoms with Crippen LogP contribution in [-0.4, -0.2) is 32.0 Å². The highest BCUT2D eigenvalue weighted by molar-refractivity contribution is 6.70. The lowest BCUT2D eigenvalue weighted by Gasteiger charge is -2.30. The van der Waals surface area contributed by atoms with E-state index in [2.05, 4.69) is 0 Å². The van der Waals surface area contributed by atoms with Gasteiger partial charge in [0.1, 0.15) is 0 Å². The highest BCUT2D eigenvalue weighted by atomic mass is 28.4. The summed E-state index contributed by atoms with van der Waals surface area (Å²) in [6.45, 7) is 8.11. The van der Waals surface area contributed by atoms with Gasteiger partial charge in [0.05, 0.1) is 24.2 Å². The molecule has 0 aromatic rings. The number of carbonyl (C=O) groups is 2. The summed E-state index contributed by atoms with van der Waals surface area (Å²) in [5, 5.41) is 9.26. The van der Waals surface area contributed by atoms with Gasteiger partial charge in [-0.1, -0.05) is 0 Å². The van der Waals surface area contributed by atoms with Gasteiger partial charge < -0.3 is 14.3 Å². The van der Waals surface area contributed by atoms with E-state index >= 15 is 0 Å². The Morgan fingerprint density at radius 1 is 1.37 bits per heavy atom. The van der Waals surface area contributed by atoms with E-state index in [0.29, 0.717) is 12.2 Å². The van der Waals surface area contributed by atoms with Gasteiger partial charge in [0.2, 0.25) is 8.32 Å². The summed E-state index contributed by atoms with van der Waals surface area (Å²) in [5.74, 6) is -2.06. The summed E-state index contributed by atoms with van der Waals surface area (Å²) in [6, 6.07) is 0. The van der Waals surface area contributed by atoms with Crippen LogP contribution in [-0.2, 0) is 18.8 Å². The molecule has 1 aliphatic carbocycles. The molecular weight excluding hydrogens is 264 g/mol. The second-order valence-electron chi connectivity index (χ2n) is 5.63. The number of rotatable bonds is 5. The van der Waals surface area contributed by atoms with E-state index in [1.807, 2.05) is 25.7 Å². The van der Waals surface area contributed by atoms with Gasteiger partial charge in [-0.2, -0.15) is 0 Å². The molecule has 0 amide bonds. The van der Waals surface area contributed by atoms with Crippen LogP contribution in [0.4, 0.5) is 0 Å². The number of aliphatic carboxylic acids is 1. The second kappa shape index (κ2) is 6.23. The van der Waals surface area contributed by atoms with Gasteiger partial charge in [-0.3, -0.25) is 9.59 Å². The van der Waals surface area contributed by atoms with Gasteiger partial charge in [0.25, 0.3) is 0 Å². The topological polar surface area (TPSA) is 72.8 Å². The fraction of sp³-hybridized carbons (Fsp3) is 0.692. The van der Waals surface area contributed by atoms with Crippen LogP contribution >= 0.6 is 0 Å². The largest absolute Gasteiger partial charge is 0.548 e. The highest BCUT2D eigenvalue weighted by Crippen LogP contribution is 2.32. The highest BCUT2D eigenvalue weighted by Gasteiger charge is 2.38. The van der Waals surface area contributed by atoms with Crippen molar-refractivity contribution in [2.75, 3.05) is 6.61 Å². The molecule has 1 N–H and O–H groups in total. The first-order valence-corrected chi connectivity index (χ1v) is 9.93. The van der Waals surface area contributed by atoms with Crippen LogP contribution < -0.4 is 0 Å². The fourth-order valence-corrected chi connectivity index (χ4v) is 3.06. The Balaban J connectivity index is 2.82. The van der Waals surface area contributed by atoms with Crippen molar-refractivity contribution in [1.82, 2.24) is 0 Å². The summed E-state index contributed by atoms with van der Waals surface area (Å²) < 4.78 is 10.8. The molecule has 108 valence electrons. The van der Waals surface area contributed by atoms with E-state index in [9.17, 15) is 14.7 Å². The molecule has 0 heterocycles. The zero-order valence-corrected chi connectivity index (χ0v) is 12.9. The van der Waals surface area contributed by atoms with E-state index in [1.54, 1.807) is 6.92 Å². The second-order valence-corrected chi connectivity index (χ2v) is 10.1. The van der Waals surface area contributed by atoms with E-state index < -0.39 is 32.1 Å². The average Bonchev–Trinajstić information content (AvgIpc) is 2.26. The molecule has 0 bridgehead atoms. The lowest BCUT2D eigenvalue weighted by Crippen LogP contribution is -2.35. The molecule has 0 saturated heterocycles. The lowest BCUT2D eigenvalue weighted by atomic mass is 9.82. The number of ether oxygens (including phenoxy) is 1. The van der Waals surface area contributed by atoms with Gasteiger partial charge in [0.15, 0.2) is 0 Å². The number of carbonyl (C=O) groups excluding carboxylic acids is 1. The van der Waals surface area contributed by atoms with Crippen molar-refractivity contribution in [1.29, 1.82) is 0 Å². The summed E-state index contributed by atoms with van der Waals surface area (Å²) in [6.07, 6.45) is 2.47. The third kappa shape index (κ3) is 4.70. The summed E-state index contributed by atoms with van der Waals surface area (Å²) in [4.78, 5) is 23.1. The van der Waals surface area contributed by atoms with E-state index in [4.69, 9.17) is 9.16 Å². The van der Waals surface area contributed by atoms with Crippen molar-refractivity contribution in [2.45, 2.75) is 39.4 Å². The minimum atomic E-state index is -1.75. The normalized spacial score (nSPS) is 23.5. The quantitative estimate of drug-likeness (QED) is 0.620. The van der Waals surface area contributed by atoms with Crippen LogP contribution in [0.1, 0.15) is 19.8 Å². The maximum Gasteiger partial charge on any atom is 0.310 e. The van der Waals surface area contributed by atoms with Crippen molar-refractivity contribution < 1.29 is 23.9 Å². The zero-order chi connectivity index (χ0) is 14.6. The molecule has 0 radical (unpaired) electrons. The molecule has 5 nitrogen and oxygen atoms in total. The number of hydrogen-bond acceptors (Lipinski definition) is 4. The van der Waals surface area contributed by atoms with E-state index in [0.717, 1.165) is 0 Å². The molecule has 1 rings (SSSR count). The first-order chi connectivity index (χ1) is 8.74. The smallest absolute Gasteiger partial charge is 0.310 e. The third-order valence-corrected chi connectivity index (χ3v) is 3.72. The van der Waals surface area contributed by atoms with Crippen LogP contribution in [0.5, 0.6) is 0 Å². The van der Waals surface area contributed by atoms with Crippen LogP contribution in [0.25, 0.3) is 0 Å². The predicted molar refractivity (Wildman–Crippen MR) is 73.0 cm³/mol. The van der Waals surface area contributed by atoms with Crippen molar-refractivity contribution >= 4 is 20.3 Å². The molecule has 19 heavy (non-hydrogen) atoms. The first kappa shape index (κ1) is 15.8. The Morgan fingerprint density at radius 2 is 2.00 bits per heavy atom. The molecule has 6 heteroatoms. The van der Waals surface area contributed by atoms with Crippen LogP contribution in [0.15, 0.2) is 11.8 Å². The fourth-order valence-electron chi connectivity index (χ4n) is 2.11. The zero-order valence-electron chi connectivity index (χ0n) is 11.9. The number of carboxylic acid groups (broad SMARTS) is 1. The van der Waals surface area contributed by atoms with E-state index in [1.165, 1.54) is 0 Å². The summed E-state index contributed by atoms with van der Waals surface area (Å²) >= 11 is 0. The van der Waals surface area contributed by atoms with Crippen LogP contribution in [0, 0.1) is 11.8 Å². The predicted octanol–water partition coefficient (Wildman–Crippen LogP) is 2.40. The summed E-state index contributed by atoms with van der Waals surface area (Å²) in [7, 11) is -1.75. The van der Waals surface area contributed by atoms with Gasteiger partial charge >= 0.3 is 11.9 Å². The minimum Gasteiger partial charge on any atom is -0.548 e. The maximum atomic E-state index is 11.8. The number of hydrogen-bond donors (Lipinski definition) is 1. The first-order valence-electron chi connectivity index (χ1n) is 6.52. The van der Waals surface area contributed by atoms with Gasteiger partial charge in [-0.05, 0) is 39.1 Å². The Hall–Kier alpha value is -1.30. The Bertz CT molecular complexity index is 383. The average molecular weight is 286 g/mol. The molecule has 0 fully saturated rings. The molecule has 0 spiro atoms. The molecule has 0 saturated carbocycles. The van der Waals surface area contributed by atoms with Gasteiger partial charge in [0, 0.05) is 6.42 Å².